The Balaban J connectivity index is 1.25. The normalized spacial score (nSPS) is 15.7. The lowest BCUT2D eigenvalue weighted by Gasteiger charge is -2.31. The number of likely N-dealkylation sites (tertiary alicyclic amines) is 1. The van der Waals surface area contributed by atoms with Gasteiger partial charge in [-0.2, -0.15) is 0 Å². The molecule has 2 aliphatic rings. The predicted octanol–water partition coefficient (Wildman–Crippen LogP) is 3.29. The molecule has 1 fully saturated rings. The van der Waals surface area contributed by atoms with Gasteiger partial charge in [0.05, 0.1) is 0 Å². The maximum Gasteiger partial charge on any atom is 0.260 e. The number of piperidine rings is 1. The average molecular weight is 410 g/mol. The van der Waals surface area contributed by atoms with Gasteiger partial charge in [0, 0.05) is 30.8 Å². The molecule has 2 aliphatic heterocycles. The quantitative estimate of drug-likeness (QED) is 0.819. The zero-order chi connectivity index (χ0) is 21.1. The van der Waals surface area contributed by atoms with Crippen LogP contribution in [-0.4, -0.2) is 43.2 Å². The Morgan fingerprint density at radius 2 is 1.87 bits per heavy atom. The van der Waals surface area contributed by atoms with E-state index < -0.39 is 0 Å². The molecule has 2 amide bonds. The lowest BCUT2D eigenvalue weighted by molar-refractivity contribution is -0.136. The molecule has 4 rings (SSSR count). The van der Waals surface area contributed by atoms with Crippen molar-refractivity contribution < 1.29 is 23.8 Å². The Bertz CT molecular complexity index is 951. The number of anilines is 1. The molecule has 1 saturated heterocycles. The summed E-state index contributed by atoms with van der Waals surface area (Å²) in [6.07, 6.45) is 1.26. The van der Waals surface area contributed by atoms with Crippen LogP contribution in [0, 0.1) is 19.8 Å². The summed E-state index contributed by atoms with van der Waals surface area (Å²) < 4.78 is 16.4. The van der Waals surface area contributed by atoms with Crippen LogP contribution < -0.4 is 19.5 Å². The van der Waals surface area contributed by atoms with E-state index in [4.69, 9.17) is 14.2 Å². The van der Waals surface area contributed by atoms with Gasteiger partial charge in [-0.3, -0.25) is 9.59 Å². The van der Waals surface area contributed by atoms with Crippen molar-refractivity contribution >= 4 is 17.5 Å². The summed E-state index contributed by atoms with van der Waals surface area (Å²) in [6, 6.07) is 11.2. The minimum absolute atomic E-state index is 0.0123. The van der Waals surface area contributed by atoms with E-state index in [-0.39, 0.29) is 31.1 Å². The van der Waals surface area contributed by atoms with E-state index in [1.54, 1.807) is 23.1 Å². The maximum atomic E-state index is 12.6. The number of hydrogen-bond acceptors (Lipinski definition) is 5. The van der Waals surface area contributed by atoms with Crippen molar-refractivity contribution in [3.05, 3.63) is 47.5 Å². The minimum atomic E-state index is -0.126. The highest BCUT2D eigenvalue weighted by Gasteiger charge is 2.28. The molecule has 2 aromatic rings. The summed E-state index contributed by atoms with van der Waals surface area (Å²) in [5.74, 6) is 1.85. The second-order valence-electron chi connectivity index (χ2n) is 7.70. The Kier molecular flexibility index (Phi) is 5.79. The highest BCUT2D eigenvalue weighted by Crippen LogP contribution is 2.34. The van der Waals surface area contributed by atoms with Crippen molar-refractivity contribution in [1.29, 1.82) is 0 Å². The third-order valence-corrected chi connectivity index (χ3v) is 5.76. The van der Waals surface area contributed by atoms with Crippen LogP contribution in [0.5, 0.6) is 17.2 Å². The molecular formula is C23H26N2O5. The number of rotatable bonds is 5. The summed E-state index contributed by atoms with van der Waals surface area (Å²) in [6.45, 7) is 5.32. The molecule has 2 aromatic carbocycles. The van der Waals surface area contributed by atoms with E-state index in [1.165, 1.54) is 0 Å². The third kappa shape index (κ3) is 4.35. The highest BCUT2D eigenvalue weighted by atomic mass is 16.7. The van der Waals surface area contributed by atoms with Crippen molar-refractivity contribution in [2.45, 2.75) is 26.7 Å². The van der Waals surface area contributed by atoms with Crippen molar-refractivity contribution in [3.8, 4) is 17.2 Å². The second kappa shape index (κ2) is 8.65. The first-order valence-electron chi connectivity index (χ1n) is 10.2. The lowest BCUT2D eigenvalue weighted by Crippen LogP contribution is -2.43. The molecule has 7 heteroatoms. The number of fused-ring (bicyclic) bond motifs is 1. The van der Waals surface area contributed by atoms with Crippen molar-refractivity contribution in [2.75, 3.05) is 31.8 Å². The van der Waals surface area contributed by atoms with Gasteiger partial charge < -0.3 is 24.4 Å². The standard InChI is InChI=1S/C23H26N2O5/c1-15-4-3-5-19(16(15)2)28-13-22(26)25-10-8-17(9-11-25)23(27)24-18-6-7-20-21(12-18)30-14-29-20/h3-7,12,17H,8-11,13-14H2,1-2H3,(H,24,27). The molecule has 0 aromatic heterocycles. The molecule has 2 heterocycles. The molecule has 0 bridgehead atoms. The van der Waals surface area contributed by atoms with E-state index in [0.717, 1.165) is 16.9 Å². The number of nitrogens with zero attached hydrogens (tertiary/aromatic N) is 1. The Hall–Kier alpha value is -3.22. The fourth-order valence-corrected chi connectivity index (χ4v) is 3.72. The molecule has 30 heavy (non-hydrogen) atoms. The Labute approximate surface area is 175 Å². The predicted molar refractivity (Wildman–Crippen MR) is 112 cm³/mol. The van der Waals surface area contributed by atoms with Crippen LogP contribution in [0.3, 0.4) is 0 Å². The minimum Gasteiger partial charge on any atom is -0.483 e. The molecule has 158 valence electrons. The van der Waals surface area contributed by atoms with Crippen molar-refractivity contribution in [2.24, 2.45) is 5.92 Å². The van der Waals surface area contributed by atoms with Crippen LogP contribution >= 0.6 is 0 Å². The van der Waals surface area contributed by atoms with Crippen LogP contribution in [0.15, 0.2) is 36.4 Å². The fourth-order valence-electron chi connectivity index (χ4n) is 3.72. The SMILES string of the molecule is Cc1cccc(OCC(=O)N2CCC(C(=O)Nc3ccc4c(c3)OCO4)CC2)c1C. The summed E-state index contributed by atoms with van der Waals surface area (Å²) >= 11 is 0. The van der Waals surface area contributed by atoms with Crippen LogP contribution in [0.25, 0.3) is 0 Å². The summed E-state index contributed by atoms with van der Waals surface area (Å²) in [5.41, 5.74) is 2.86. The first kappa shape index (κ1) is 20.1. The third-order valence-electron chi connectivity index (χ3n) is 5.76. The average Bonchev–Trinajstić information content (AvgIpc) is 3.22. The van der Waals surface area contributed by atoms with Crippen LogP contribution in [0.2, 0.25) is 0 Å². The van der Waals surface area contributed by atoms with Crippen molar-refractivity contribution in [3.63, 3.8) is 0 Å². The summed E-state index contributed by atoms with van der Waals surface area (Å²) in [4.78, 5) is 26.9. The Morgan fingerprint density at radius 1 is 1.10 bits per heavy atom. The van der Waals surface area contributed by atoms with Crippen molar-refractivity contribution in [1.82, 2.24) is 4.90 Å². The van der Waals surface area contributed by atoms with Crippen LogP contribution in [-0.2, 0) is 9.59 Å². The van der Waals surface area contributed by atoms with Gasteiger partial charge >= 0.3 is 0 Å². The van der Waals surface area contributed by atoms with Gasteiger partial charge in [-0.05, 0) is 56.0 Å². The van der Waals surface area contributed by atoms with E-state index in [0.29, 0.717) is 43.1 Å². The number of carbonyl (C=O) groups excluding carboxylic acids is 2. The number of ether oxygens (including phenoxy) is 3. The van der Waals surface area contributed by atoms with Crippen LogP contribution in [0.1, 0.15) is 24.0 Å². The van der Waals surface area contributed by atoms with E-state index >= 15 is 0 Å². The molecule has 0 atom stereocenters. The molecule has 7 nitrogen and oxygen atoms in total. The first-order chi connectivity index (χ1) is 14.5. The second-order valence-corrected chi connectivity index (χ2v) is 7.70. The molecular weight excluding hydrogens is 384 g/mol. The highest BCUT2D eigenvalue weighted by molar-refractivity contribution is 5.93. The lowest BCUT2D eigenvalue weighted by atomic mass is 9.95. The van der Waals surface area contributed by atoms with Gasteiger partial charge in [0.2, 0.25) is 12.7 Å². The first-order valence-corrected chi connectivity index (χ1v) is 10.2. The fraction of sp³-hybridized carbons (Fsp3) is 0.391. The van der Waals surface area contributed by atoms with Gasteiger partial charge in [0.15, 0.2) is 18.1 Å². The maximum absolute atomic E-state index is 12.6. The van der Waals surface area contributed by atoms with Gasteiger partial charge in [-0.1, -0.05) is 12.1 Å². The number of nitrogens with one attached hydrogen (secondary N) is 1. The smallest absolute Gasteiger partial charge is 0.260 e. The van der Waals surface area contributed by atoms with E-state index in [1.807, 2.05) is 32.0 Å². The number of hydrogen-bond donors (Lipinski definition) is 1. The van der Waals surface area contributed by atoms with Gasteiger partial charge in [-0.15, -0.1) is 0 Å². The molecule has 0 unspecified atom stereocenters. The molecule has 1 N–H and O–H groups in total. The monoisotopic (exact) mass is 410 g/mol. The van der Waals surface area contributed by atoms with Gasteiger partial charge in [0.1, 0.15) is 5.75 Å². The number of aryl methyl sites for hydroxylation is 1. The molecule has 0 aliphatic carbocycles. The molecule has 0 saturated carbocycles. The van der Waals surface area contributed by atoms with Crippen LogP contribution in [0.4, 0.5) is 5.69 Å². The van der Waals surface area contributed by atoms with Gasteiger partial charge in [0.25, 0.3) is 5.91 Å². The zero-order valence-electron chi connectivity index (χ0n) is 17.3. The summed E-state index contributed by atoms with van der Waals surface area (Å²) in [7, 11) is 0. The molecule has 0 radical (unpaired) electrons. The zero-order valence-corrected chi connectivity index (χ0v) is 17.3. The largest absolute Gasteiger partial charge is 0.483 e. The number of amides is 2. The van der Waals surface area contributed by atoms with E-state index in [9.17, 15) is 9.59 Å². The Morgan fingerprint density at radius 3 is 2.67 bits per heavy atom. The number of carbonyl (C=O) groups is 2. The van der Waals surface area contributed by atoms with Gasteiger partial charge in [-0.25, -0.2) is 0 Å². The number of benzene rings is 2. The van der Waals surface area contributed by atoms with E-state index in [2.05, 4.69) is 5.32 Å². The summed E-state index contributed by atoms with van der Waals surface area (Å²) in [5, 5.41) is 2.94. The topological polar surface area (TPSA) is 77.1 Å². The molecule has 0 spiro atoms.